The third kappa shape index (κ3) is 5.16. The molecule has 0 unspecified atom stereocenters. The molecule has 1 amide bonds. The minimum Gasteiger partial charge on any atom is -0.410 e. The smallest absolute Gasteiger partial charge is 0.335 e. The molecule has 0 spiro atoms. The SMILES string of the molecule is CC(C)CC(=O)N[C@@H](Cc1ccccc1)c1nnc(S(C)(=O)=O)o1. The molecule has 0 aliphatic rings. The van der Waals surface area contributed by atoms with E-state index in [0.717, 1.165) is 11.8 Å². The summed E-state index contributed by atoms with van der Waals surface area (Å²) in [6.07, 6.45) is 1.78. The molecule has 0 bridgehead atoms. The van der Waals surface area contributed by atoms with Crippen LogP contribution in [0, 0.1) is 5.92 Å². The normalized spacial score (nSPS) is 13.0. The van der Waals surface area contributed by atoms with Crippen LogP contribution >= 0.6 is 0 Å². The minimum absolute atomic E-state index is 0.0800. The first-order valence-electron chi connectivity index (χ1n) is 7.62. The number of amides is 1. The summed E-state index contributed by atoms with van der Waals surface area (Å²) in [4.78, 5) is 12.1. The van der Waals surface area contributed by atoms with Crippen molar-refractivity contribution < 1.29 is 17.6 Å². The molecule has 0 aliphatic carbocycles. The summed E-state index contributed by atoms with van der Waals surface area (Å²) in [5.74, 6) is 0.137. The first kappa shape index (κ1) is 18.1. The standard InChI is InChI=1S/C16H21N3O4S/c1-11(2)9-14(20)17-13(10-12-7-5-4-6-8-12)15-18-19-16(23-15)24(3,21)22/h4-8,11,13H,9-10H2,1-3H3,(H,17,20)/t13-/m0/s1. The number of carbonyl (C=O) groups excluding carboxylic acids is 1. The van der Waals surface area contributed by atoms with Crippen molar-refractivity contribution in [2.24, 2.45) is 5.92 Å². The van der Waals surface area contributed by atoms with Gasteiger partial charge in [-0.2, -0.15) is 0 Å². The summed E-state index contributed by atoms with van der Waals surface area (Å²) in [7, 11) is -3.59. The van der Waals surface area contributed by atoms with Crippen molar-refractivity contribution in [3.05, 3.63) is 41.8 Å². The molecule has 1 N–H and O–H groups in total. The lowest BCUT2D eigenvalue weighted by atomic mass is 10.0. The fraction of sp³-hybridized carbons (Fsp3) is 0.438. The van der Waals surface area contributed by atoms with Gasteiger partial charge in [-0.3, -0.25) is 4.79 Å². The van der Waals surface area contributed by atoms with Crippen LogP contribution in [0.5, 0.6) is 0 Å². The highest BCUT2D eigenvalue weighted by Gasteiger charge is 2.24. The van der Waals surface area contributed by atoms with Crippen molar-refractivity contribution in [3.8, 4) is 0 Å². The van der Waals surface area contributed by atoms with Gasteiger partial charge in [0.05, 0.1) is 0 Å². The Morgan fingerprint density at radius 2 is 1.88 bits per heavy atom. The van der Waals surface area contributed by atoms with Crippen molar-refractivity contribution in [3.63, 3.8) is 0 Å². The first-order valence-corrected chi connectivity index (χ1v) is 9.51. The Balaban J connectivity index is 2.24. The maximum atomic E-state index is 12.1. The quantitative estimate of drug-likeness (QED) is 0.817. The summed E-state index contributed by atoms with van der Waals surface area (Å²) in [6, 6.07) is 8.91. The Labute approximate surface area is 141 Å². The molecule has 0 radical (unpaired) electrons. The average Bonchev–Trinajstić information content (AvgIpc) is 2.96. The van der Waals surface area contributed by atoms with Crippen LogP contribution in [0.15, 0.2) is 40.0 Å². The molecule has 0 aliphatic heterocycles. The Kier molecular flexibility index (Phi) is 5.71. The molecule has 1 atom stereocenters. The summed E-state index contributed by atoms with van der Waals surface area (Å²) < 4.78 is 28.3. The number of benzene rings is 1. The van der Waals surface area contributed by atoms with Crippen LogP contribution in [0.25, 0.3) is 0 Å². The number of hydrogen-bond donors (Lipinski definition) is 1. The van der Waals surface area contributed by atoms with Gasteiger partial charge in [-0.1, -0.05) is 49.3 Å². The van der Waals surface area contributed by atoms with Gasteiger partial charge in [0.1, 0.15) is 6.04 Å². The minimum atomic E-state index is -3.59. The largest absolute Gasteiger partial charge is 0.410 e. The van der Waals surface area contributed by atoms with E-state index >= 15 is 0 Å². The Hall–Kier alpha value is -2.22. The van der Waals surface area contributed by atoms with Crippen LogP contribution < -0.4 is 5.32 Å². The fourth-order valence-corrected chi connectivity index (χ4v) is 2.61. The summed E-state index contributed by atoms with van der Waals surface area (Å²) in [5.41, 5.74) is 0.964. The van der Waals surface area contributed by atoms with Crippen molar-refractivity contribution in [1.29, 1.82) is 0 Å². The second-order valence-corrected chi connectivity index (χ2v) is 7.98. The molecule has 0 saturated carbocycles. The van der Waals surface area contributed by atoms with E-state index in [1.165, 1.54) is 0 Å². The zero-order chi connectivity index (χ0) is 17.7. The topological polar surface area (TPSA) is 102 Å². The molecule has 1 aromatic carbocycles. The molecule has 1 heterocycles. The lowest BCUT2D eigenvalue weighted by Gasteiger charge is -2.16. The average molecular weight is 351 g/mol. The highest BCUT2D eigenvalue weighted by atomic mass is 32.2. The number of hydrogen-bond acceptors (Lipinski definition) is 6. The Morgan fingerprint density at radius 1 is 1.21 bits per heavy atom. The molecule has 1 aromatic heterocycles. The molecule has 2 rings (SSSR count). The van der Waals surface area contributed by atoms with Gasteiger partial charge in [-0.15, -0.1) is 5.10 Å². The second-order valence-electron chi connectivity index (χ2n) is 6.09. The van der Waals surface area contributed by atoms with Crippen LogP contribution in [-0.4, -0.2) is 30.8 Å². The van der Waals surface area contributed by atoms with Crippen molar-refractivity contribution in [1.82, 2.24) is 15.5 Å². The van der Waals surface area contributed by atoms with Crippen LogP contribution in [0.1, 0.15) is 37.8 Å². The summed E-state index contributed by atoms with van der Waals surface area (Å²) >= 11 is 0. The van der Waals surface area contributed by atoms with Gasteiger partial charge in [-0.05, 0) is 11.5 Å². The molecular formula is C16H21N3O4S. The number of sulfone groups is 1. The number of rotatable bonds is 7. The fourth-order valence-electron chi connectivity index (χ4n) is 2.18. The van der Waals surface area contributed by atoms with Crippen molar-refractivity contribution in [2.45, 2.75) is 38.0 Å². The van der Waals surface area contributed by atoms with Crippen molar-refractivity contribution >= 4 is 15.7 Å². The van der Waals surface area contributed by atoms with Gasteiger partial charge in [0.2, 0.25) is 21.6 Å². The van der Waals surface area contributed by atoms with Crippen LogP contribution in [0.3, 0.4) is 0 Å². The van der Waals surface area contributed by atoms with Gasteiger partial charge in [0, 0.05) is 19.1 Å². The molecule has 2 aromatic rings. The lowest BCUT2D eigenvalue weighted by molar-refractivity contribution is -0.122. The van der Waals surface area contributed by atoms with Gasteiger partial charge in [0.15, 0.2) is 0 Å². The van der Waals surface area contributed by atoms with E-state index in [1.54, 1.807) is 0 Å². The van der Waals surface area contributed by atoms with Gasteiger partial charge in [-0.25, -0.2) is 8.42 Å². The third-order valence-electron chi connectivity index (χ3n) is 3.25. The second kappa shape index (κ2) is 7.57. The lowest BCUT2D eigenvalue weighted by Crippen LogP contribution is -2.31. The van der Waals surface area contributed by atoms with E-state index in [4.69, 9.17) is 4.42 Å². The molecule has 0 fully saturated rings. The van der Waals surface area contributed by atoms with Gasteiger partial charge < -0.3 is 9.73 Å². The van der Waals surface area contributed by atoms with Gasteiger partial charge in [0.25, 0.3) is 0 Å². The van der Waals surface area contributed by atoms with E-state index < -0.39 is 21.1 Å². The summed E-state index contributed by atoms with van der Waals surface area (Å²) in [6.45, 7) is 3.89. The zero-order valence-electron chi connectivity index (χ0n) is 13.9. The Bertz CT molecular complexity index is 785. The van der Waals surface area contributed by atoms with Crippen LogP contribution in [0.2, 0.25) is 0 Å². The molecule has 0 saturated heterocycles. The maximum absolute atomic E-state index is 12.1. The molecular weight excluding hydrogens is 330 g/mol. The summed E-state index contributed by atoms with van der Waals surface area (Å²) in [5, 5.41) is 9.76. The number of carbonyl (C=O) groups is 1. The number of nitrogens with zero attached hydrogens (tertiary/aromatic N) is 2. The molecule has 8 heteroatoms. The zero-order valence-corrected chi connectivity index (χ0v) is 14.7. The monoisotopic (exact) mass is 351 g/mol. The van der Waals surface area contributed by atoms with E-state index in [9.17, 15) is 13.2 Å². The highest BCUT2D eigenvalue weighted by Crippen LogP contribution is 2.20. The van der Waals surface area contributed by atoms with Crippen molar-refractivity contribution in [2.75, 3.05) is 6.26 Å². The Morgan fingerprint density at radius 3 is 2.42 bits per heavy atom. The van der Waals surface area contributed by atoms with E-state index in [2.05, 4.69) is 15.5 Å². The number of nitrogens with one attached hydrogen (secondary N) is 1. The molecule has 130 valence electrons. The van der Waals surface area contributed by atoms with E-state index in [1.807, 2.05) is 44.2 Å². The van der Waals surface area contributed by atoms with E-state index in [0.29, 0.717) is 12.8 Å². The van der Waals surface area contributed by atoms with Crippen LogP contribution in [-0.2, 0) is 21.1 Å². The highest BCUT2D eigenvalue weighted by molar-refractivity contribution is 7.90. The first-order chi connectivity index (χ1) is 11.3. The van der Waals surface area contributed by atoms with Crippen LogP contribution in [0.4, 0.5) is 0 Å². The third-order valence-corrected chi connectivity index (χ3v) is 4.05. The van der Waals surface area contributed by atoms with Gasteiger partial charge >= 0.3 is 5.22 Å². The molecule has 7 nitrogen and oxygen atoms in total. The predicted molar refractivity (Wildman–Crippen MR) is 87.9 cm³/mol. The maximum Gasteiger partial charge on any atom is 0.335 e. The predicted octanol–water partition coefficient (Wildman–Crippen LogP) is 1.92. The molecule has 24 heavy (non-hydrogen) atoms. The number of aromatic nitrogens is 2. The van der Waals surface area contributed by atoms with E-state index in [-0.39, 0.29) is 17.7 Å².